The van der Waals surface area contributed by atoms with Gasteiger partial charge >= 0.3 is 10.2 Å². The second kappa shape index (κ2) is 13.3. The van der Waals surface area contributed by atoms with Gasteiger partial charge in [-0.2, -0.15) is 12.7 Å². The number of benzene rings is 3. The van der Waals surface area contributed by atoms with Gasteiger partial charge in [-0.3, -0.25) is 9.44 Å². The van der Waals surface area contributed by atoms with Gasteiger partial charge in [-0.05, 0) is 62.2 Å². The van der Waals surface area contributed by atoms with E-state index < -0.39 is 26.3 Å². The van der Waals surface area contributed by atoms with Crippen molar-refractivity contribution in [1.29, 1.82) is 0 Å². The molecule has 1 aromatic heterocycles. The predicted molar refractivity (Wildman–Crippen MR) is 169 cm³/mol. The van der Waals surface area contributed by atoms with Crippen LogP contribution in [0.4, 0.5) is 11.4 Å². The quantitative estimate of drug-likeness (QED) is 0.165. The molecule has 0 saturated heterocycles. The van der Waals surface area contributed by atoms with Gasteiger partial charge in [-0.25, -0.2) is 13.4 Å². The Bertz CT molecular complexity index is 1720. The molecule has 4 N–H and O–H groups in total. The van der Waals surface area contributed by atoms with Crippen LogP contribution in [0.1, 0.15) is 31.9 Å². The van der Waals surface area contributed by atoms with Gasteiger partial charge in [-0.15, -0.1) is 0 Å². The molecule has 11 nitrogen and oxygen atoms in total. The number of aliphatic hydroxyl groups excluding tert-OH is 1. The first-order valence-electron chi connectivity index (χ1n) is 13.7. The molecule has 1 unspecified atom stereocenters. The summed E-state index contributed by atoms with van der Waals surface area (Å²) < 4.78 is 57.6. The van der Waals surface area contributed by atoms with Crippen LogP contribution in [0.2, 0.25) is 0 Å². The van der Waals surface area contributed by atoms with Crippen LogP contribution >= 0.6 is 0 Å². The Balaban J connectivity index is 1.30. The highest BCUT2D eigenvalue weighted by Gasteiger charge is 2.20. The van der Waals surface area contributed by atoms with Crippen LogP contribution in [0.3, 0.4) is 0 Å². The Kier molecular flexibility index (Phi) is 9.93. The number of nitrogens with one attached hydrogen (secondary N) is 3. The molecule has 0 aliphatic heterocycles. The largest absolute Gasteiger partial charge is 0.387 e. The van der Waals surface area contributed by atoms with E-state index in [2.05, 4.69) is 33.6 Å². The van der Waals surface area contributed by atoms with Crippen LogP contribution < -0.4 is 14.8 Å². The molecule has 0 aliphatic rings. The Morgan fingerprint density at radius 1 is 0.907 bits per heavy atom. The van der Waals surface area contributed by atoms with E-state index in [1.807, 2.05) is 22.9 Å². The minimum Gasteiger partial charge on any atom is -0.387 e. The monoisotopic (exact) mass is 626 g/mol. The lowest BCUT2D eigenvalue weighted by molar-refractivity contribution is 0.158. The van der Waals surface area contributed by atoms with Crippen molar-refractivity contribution in [3.05, 3.63) is 97.0 Å². The average molecular weight is 627 g/mol. The highest BCUT2D eigenvalue weighted by molar-refractivity contribution is 7.92. The Labute approximate surface area is 253 Å². The number of aryl methyl sites for hydroxylation is 1. The van der Waals surface area contributed by atoms with Crippen LogP contribution in [-0.4, -0.2) is 62.0 Å². The maximum atomic E-state index is 12.7. The summed E-state index contributed by atoms with van der Waals surface area (Å²) in [5, 5.41) is 14.3. The van der Waals surface area contributed by atoms with Crippen molar-refractivity contribution < 1.29 is 21.9 Å². The standard InChI is InChI=1S/C30H38N6O5S2/c1-30(2,17-18-36-21-28(31-22-36)23-13-15-25(16-14-23)34-43(40,41)35(3)4)32-20-29(37)24-9-8-10-26(19-24)33-42(38,39)27-11-6-5-7-12-27/h5-16,19,21-22,29,32-34,37H,17-18,20H2,1-4H3. The minimum atomic E-state index is -3.73. The predicted octanol–water partition coefficient (Wildman–Crippen LogP) is 4.06. The minimum absolute atomic E-state index is 0.165. The van der Waals surface area contributed by atoms with Crippen molar-refractivity contribution in [2.45, 2.75) is 43.4 Å². The molecule has 1 atom stereocenters. The van der Waals surface area contributed by atoms with E-state index in [-0.39, 0.29) is 17.0 Å². The normalized spacial score (nSPS) is 13.2. The molecule has 4 rings (SSSR count). The summed E-state index contributed by atoms with van der Waals surface area (Å²) in [6, 6.07) is 21.9. The second-order valence-electron chi connectivity index (χ2n) is 11.0. The molecule has 4 aromatic rings. The lowest BCUT2D eigenvalue weighted by Crippen LogP contribution is -2.42. The Morgan fingerprint density at radius 3 is 2.28 bits per heavy atom. The third kappa shape index (κ3) is 8.88. The molecule has 0 radical (unpaired) electrons. The molecule has 0 aliphatic carbocycles. The zero-order valence-electron chi connectivity index (χ0n) is 24.6. The number of hydrogen-bond acceptors (Lipinski definition) is 7. The van der Waals surface area contributed by atoms with Gasteiger partial charge in [0.1, 0.15) is 0 Å². The number of aromatic nitrogens is 2. The van der Waals surface area contributed by atoms with E-state index >= 15 is 0 Å². The Morgan fingerprint density at radius 2 is 1.60 bits per heavy atom. The molecule has 43 heavy (non-hydrogen) atoms. The lowest BCUT2D eigenvalue weighted by Gasteiger charge is -2.28. The summed E-state index contributed by atoms with van der Waals surface area (Å²) in [7, 11) is -4.38. The molecule has 0 fully saturated rings. The van der Waals surface area contributed by atoms with Gasteiger partial charge < -0.3 is 15.0 Å². The summed E-state index contributed by atoms with van der Waals surface area (Å²) >= 11 is 0. The summed E-state index contributed by atoms with van der Waals surface area (Å²) in [5.74, 6) is 0. The average Bonchev–Trinajstić information content (AvgIpc) is 3.45. The van der Waals surface area contributed by atoms with Gasteiger partial charge in [0.05, 0.1) is 23.0 Å². The molecule has 1 heterocycles. The third-order valence-corrected chi connectivity index (χ3v) is 9.74. The summed E-state index contributed by atoms with van der Waals surface area (Å²) in [5.41, 5.74) is 2.75. The molecule has 0 amide bonds. The lowest BCUT2D eigenvalue weighted by atomic mass is 9.99. The van der Waals surface area contributed by atoms with Crippen molar-refractivity contribution in [3.8, 4) is 11.3 Å². The fraction of sp³-hybridized carbons (Fsp3) is 0.300. The molecular formula is C30H38N6O5S2. The van der Waals surface area contributed by atoms with Crippen molar-refractivity contribution >= 4 is 31.6 Å². The molecule has 230 valence electrons. The zero-order chi connectivity index (χ0) is 31.3. The van der Waals surface area contributed by atoms with Gasteiger partial charge in [0.2, 0.25) is 0 Å². The first-order chi connectivity index (χ1) is 20.2. The number of β-amino-alcohol motifs (C(OH)–C–C–N with tert-alkyl or cyclic N) is 1. The number of anilines is 2. The molecule has 0 bridgehead atoms. The maximum Gasteiger partial charge on any atom is 0.301 e. The van der Waals surface area contributed by atoms with Gasteiger partial charge in [0.15, 0.2) is 0 Å². The van der Waals surface area contributed by atoms with Gasteiger partial charge in [0, 0.05) is 55.9 Å². The number of rotatable bonds is 14. The van der Waals surface area contributed by atoms with E-state index in [9.17, 15) is 21.9 Å². The van der Waals surface area contributed by atoms with E-state index in [0.717, 1.165) is 22.0 Å². The topological polar surface area (TPSA) is 146 Å². The molecule has 0 saturated carbocycles. The highest BCUT2D eigenvalue weighted by Crippen LogP contribution is 2.23. The van der Waals surface area contributed by atoms with E-state index in [1.54, 1.807) is 60.9 Å². The fourth-order valence-corrected chi connectivity index (χ4v) is 5.88. The van der Waals surface area contributed by atoms with Crippen molar-refractivity contribution in [1.82, 2.24) is 19.2 Å². The number of hydrogen-bond donors (Lipinski definition) is 4. The first-order valence-corrected chi connectivity index (χ1v) is 16.6. The van der Waals surface area contributed by atoms with Crippen LogP contribution in [0, 0.1) is 0 Å². The SMILES string of the molecule is CN(C)S(=O)(=O)Nc1ccc(-c2cn(CCC(C)(C)NCC(O)c3cccc(NS(=O)(=O)c4ccccc4)c3)cn2)cc1. The summed E-state index contributed by atoms with van der Waals surface area (Å²) in [4.78, 5) is 4.66. The van der Waals surface area contributed by atoms with Crippen molar-refractivity contribution in [2.24, 2.45) is 0 Å². The van der Waals surface area contributed by atoms with Crippen molar-refractivity contribution in [3.63, 3.8) is 0 Å². The smallest absolute Gasteiger partial charge is 0.301 e. The van der Waals surface area contributed by atoms with Crippen LogP contribution in [0.15, 0.2) is 96.3 Å². The maximum absolute atomic E-state index is 12.7. The van der Waals surface area contributed by atoms with Gasteiger partial charge in [-0.1, -0.05) is 42.5 Å². The number of sulfonamides is 1. The fourth-order valence-electron chi connectivity index (χ4n) is 4.19. The van der Waals surface area contributed by atoms with Crippen LogP contribution in [-0.2, 0) is 26.8 Å². The summed E-state index contributed by atoms with van der Waals surface area (Å²) in [6.45, 7) is 5.06. The third-order valence-electron chi connectivity index (χ3n) is 6.89. The van der Waals surface area contributed by atoms with Crippen LogP contribution in [0.5, 0.6) is 0 Å². The highest BCUT2D eigenvalue weighted by atomic mass is 32.2. The van der Waals surface area contributed by atoms with E-state index in [4.69, 9.17) is 0 Å². The van der Waals surface area contributed by atoms with E-state index in [1.165, 1.54) is 26.2 Å². The number of nitrogens with zero attached hydrogens (tertiary/aromatic N) is 3. The number of imidazole rings is 1. The zero-order valence-corrected chi connectivity index (χ0v) is 26.2. The van der Waals surface area contributed by atoms with Gasteiger partial charge in [0.25, 0.3) is 10.0 Å². The molecule has 0 spiro atoms. The first kappa shape index (κ1) is 32.2. The van der Waals surface area contributed by atoms with E-state index in [0.29, 0.717) is 23.5 Å². The molecule has 13 heteroatoms. The van der Waals surface area contributed by atoms with Crippen molar-refractivity contribution in [2.75, 3.05) is 30.1 Å². The molecular weight excluding hydrogens is 589 g/mol. The number of aliphatic hydroxyl groups is 1. The second-order valence-corrected chi connectivity index (χ2v) is 14.6. The Hall–Kier alpha value is -3.75. The summed E-state index contributed by atoms with van der Waals surface area (Å²) in [6.07, 6.45) is 3.60. The van der Waals surface area contributed by atoms with Crippen LogP contribution in [0.25, 0.3) is 11.3 Å². The molecule has 3 aromatic carbocycles.